The highest BCUT2D eigenvalue weighted by atomic mass is 16.5. The fraction of sp³-hybridized carbons (Fsp3) is 0.714. The van der Waals surface area contributed by atoms with Gasteiger partial charge in [-0.1, -0.05) is 109 Å². The third-order valence-electron chi connectivity index (χ3n) is 6.07. The van der Waals surface area contributed by atoms with Gasteiger partial charge in [0.2, 0.25) is 0 Å². The van der Waals surface area contributed by atoms with E-state index in [4.69, 9.17) is 4.74 Å². The van der Waals surface area contributed by atoms with Gasteiger partial charge in [0.25, 0.3) is 5.91 Å². The van der Waals surface area contributed by atoms with E-state index in [0.717, 1.165) is 19.3 Å². The molecule has 4 nitrogen and oxygen atoms in total. The number of nitrogens with one attached hydrogen (secondary N) is 1. The summed E-state index contributed by atoms with van der Waals surface area (Å²) in [4.78, 5) is 24.4. The van der Waals surface area contributed by atoms with Crippen LogP contribution in [0.5, 0.6) is 0 Å². The molecule has 0 spiro atoms. The molecule has 0 unspecified atom stereocenters. The average molecular weight is 446 g/mol. The molecule has 0 bridgehead atoms. The molecular formula is C28H47NO3. The monoisotopic (exact) mass is 445 g/mol. The molecule has 0 saturated carbocycles. The van der Waals surface area contributed by atoms with E-state index in [1.165, 1.54) is 82.6 Å². The van der Waals surface area contributed by atoms with E-state index in [2.05, 4.69) is 19.2 Å². The summed E-state index contributed by atoms with van der Waals surface area (Å²) >= 11 is 0. The van der Waals surface area contributed by atoms with Crippen molar-refractivity contribution < 1.29 is 14.3 Å². The van der Waals surface area contributed by atoms with Crippen LogP contribution in [0, 0.1) is 0 Å². The lowest BCUT2D eigenvalue weighted by molar-refractivity contribution is -0.145. The smallest absolute Gasteiger partial charge is 0.328 e. The molecule has 1 atom stereocenters. The van der Waals surface area contributed by atoms with Gasteiger partial charge in [-0.25, -0.2) is 4.79 Å². The third kappa shape index (κ3) is 13.5. The lowest BCUT2D eigenvalue weighted by Crippen LogP contribution is -2.39. The van der Waals surface area contributed by atoms with Crippen LogP contribution in [0.25, 0.3) is 0 Å². The van der Waals surface area contributed by atoms with Gasteiger partial charge in [0.1, 0.15) is 6.04 Å². The van der Waals surface area contributed by atoms with Crippen molar-refractivity contribution in [3.05, 3.63) is 35.4 Å². The summed E-state index contributed by atoms with van der Waals surface area (Å²) in [5, 5.41) is 2.72. The summed E-state index contributed by atoms with van der Waals surface area (Å²) in [5.74, 6) is -0.605. The Balaban J connectivity index is 1.96. The van der Waals surface area contributed by atoms with E-state index in [0.29, 0.717) is 12.2 Å². The Morgan fingerprint density at radius 3 is 1.69 bits per heavy atom. The zero-order valence-corrected chi connectivity index (χ0v) is 20.9. The Bertz CT molecular complexity index is 612. The number of ether oxygens (including phenoxy) is 1. The third-order valence-corrected chi connectivity index (χ3v) is 6.07. The first-order chi connectivity index (χ1) is 15.6. The van der Waals surface area contributed by atoms with Crippen LogP contribution in [0.2, 0.25) is 0 Å². The Morgan fingerprint density at radius 2 is 1.22 bits per heavy atom. The van der Waals surface area contributed by atoms with Crippen LogP contribution < -0.4 is 5.32 Å². The number of carbonyl (C=O) groups excluding carboxylic acids is 2. The first-order valence-electron chi connectivity index (χ1n) is 13.1. The molecule has 0 aliphatic carbocycles. The summed E-state index contributed by atoms with van der Waals surface area (Å²) < 4.78 is 5.33. The SMILES string of the molecule is CCCCCCCCCCCCCCCCOC(=O)[C@H](C)NC(=O)c1ccc(CC)cc1. The highest BCUT2D eigenvalue weighted by molar-refractivity contribution is 5.96. The lowest BCUT2D eigenvalue weighted by atomic mass is 10.0. The van der Waals surface area contributed by atoms with Crippen molar-refractivity contribution >= 4 is 11.9 Å². The van der Waals surface area contributed by atoms with Gasteiger partial charge in [-0.15, -0.1) is 0 Å². The Labute approximate surface area is 196 Å². The van der Waals surface area contributed by atoms with Gasteiger partial charge in [0, 0.05) is 5.56 Å². The fourth-order valence-electron chi connectivity index (χ4n) is 3.83. The fourth-order valence-corrected chi connectivity index (χ4v) is 3.83. The van der Waals surface area contributed by atoms with Crippen molar-refractivity contribution in [1.82, 2.24) is 5.32 Å². The number of rotatable bonds is 19. The van der Waals surface area contributed by atoms with Crippen molar-refractivity contribution in [1.29, 1.82) is 0 Å². The topological polar surface area (TPSA) is 55.4 Å². The van der Waals surface area contributed by atoms with E-state index >= 15 is 0 Å². The predicted molar refractivity (Wildman–Crippen MR) is 134 cm³/mol. The van der Waals surface area contributed by atoms with Crippen LogP contribution in [0.3, 0.4) is 0 Å². The lowest BCUT2D eigenvalue weighted by Gasteiger charge is -2.13. The van der Waals surface area contributed by atoms with Crippen molar-refractivity contribution in [2.75, 3.05) is 6.61 Å². The number of hydrogen-bond donors (Lipinski definition) is 1. The summed E-state index contributed by atoms with van der Waals surface area (Å²) in [6.07, 6.45) is 19.2. The average Bonchev–Trinajstić information content (AvgIpc) is 2.81. The summed E-state index contributed by atoms with van der Waals surface area (Å²) in [7, 11) is 0. The number of amides is 1. The molecule has 1 N–H and O–H groups in total. The highest BCUT2D eigenvalue weighted by Crippen LogP contribution is 2.13. The summed E-state index contributed by atoms with van der Waals surface area (Å²) in [6.45, 7) is 6.45. The molecule has 0 aromatic heterocycles. The second-order valence-electron chi connectivity index (χ2n) is 9.01. The van der Waals surface area contributed by atoms with E-state index in [9.17, 15) is 9.59 Å². The highest BCUT2D eigenvalue weighted by Gasteiger charge is 2.17. The van der Waals surface area contributed by atoms with Gasteiger partial charge >= 0.3 is 5.97 Å². The van der Waals surface area contributed by atoms with E-state index in [-0.39, 0.29) is 11.9 Å². The van der Waals surface area contributed by atoms with Crippen LogP contribution in [0.4, 0.5) is 0 Å². The molecule has 0 radical (unpaired) electrons. The minimum atomic E-state index is -0.639. The van der Waals surface area contributed by atoms with E-state index in [1.807, 2.05) is 12.1 Å². The molecule has 1 rings (SSSR count). The molecule has 0 saturated heterocycles. The quantitative estimate of drug-likeness (QED) is 0.178. The van der Waals surface area contributed by atoms with Crippen LogP contribution in [-0.2, 0) is 16.0 Å². The van der Waals surface area contributed by atoms with Crippen molar-refractivity contribution in [3.8, 4) is 0 Å². The van der Waals surface area contributed by atoms with Crippen molar-refractivity contribution in [2.45, 2.75) is 123 Å². The van der Waals surface area contributed by atoms with Gasteiger partial charge in [-0.05, 0) is 37.5 Å². The molecule has 0 heterocycles. The van der Waals surface area contributed by atoms with Crippen molar-refractivity contribution in [3.63, 3.8) is 0 Å². The van der Waals surface area contributed by atoms with Gasteiger partial charge in [0.05, 0.1) is 6.61 Å². The molecule has 1 amide bonds. The van der Waals surface area contributed by atoms with Gasteiger partial charge in [-0.3, -0.25) is 4.79 Å². The molecule has 0 fully saturated rings. The number of aryl methyl sites for hydroxylation is 1. The second-order valence-corrected chi connectivity index (χ2v) is 9.01. The molecule has 4 heteroatoms. The zero-order valence-electron chi connectivity index (χ0n) is 20.9. The summed E-state index contributed by atoms with van der Waals surface area (Å²) in [6, 6.07) is 6.82. The van der Waals surface area contributed by atoms with Gasteiger partial charge < -0.3 is 10.1 Å². The van der Waals surface area contributed by atoms with Crippen LogP contribution >= 0.6 is 0 Å². The van der Waals surface area contributed by atoms with Crippen LogP contribution in [-0.4, -0.2) is 24.5 Å². The van der Waals surface area contributed by atoms with E-state index < -0.39 is 6.04 Å². The number of esters is 1. The molecule has 0 aliphatic rings. The maximum atomic E-state index is 12.3. The van der Waals surface area contributed by atoms with Gasteiger partial charge in [-0.2, -0.15) is 0 Å². The molecule has 1 aromatic carbocycles. The Hall–Kier alpha value is -1.84. The molecule has 32 heavy (non-hydrogen) atoms. The van der Waals surface area contributed by atoms with E-state index in [1.54, 1.807) is 19.1 Å². The van der Waals surface area contributed by atoms with Crippen molar-refractivity contribution in [2.24, 2.45) is 0 Å². The predicted octanol–water partition coefficient (Wildman–Crippen LogP) is 7.39. The second kappa shape index (κ2) is 18.7. The Kier molecular flexibility index (Phi) is 16.5. The number of hydrogen-bond acceptors (Lipinski definition) is 3. The Morgan fingerprint density at radius 1 is 0.750 bits per heavy atom. The maximum Gasteiger partial charge on any atom is 0.328 e. The molecule has 0 aliphatic heterocycles. The number of carbonyl (C=O) groups is 2. The standard InChI is InChI=1S/C28H47NO3/c1-4-6-7-8-9-10-11-12-13-14-15-16-17-18-23-32-28(31)24(3)29-27(30)26-21-19-25(5-2)20-22-26/h19-22,24H,4-18,23H2,1-3H3,(H,29,30)/t24-/m0/s1. The van der Waals surface area contributed by atoms with Gasteiger partial charge in [0.15, 0.2) is 0 Å². The normalized spacial score (nSPS) is 11.8. The summed E-state index contributed by atoms with van der Waals surface area (Å²) in [5.41, 5.74) is 1.75. The minimum Gasteiger partial charge on any atom is -0.464 e. The molecular weight excluding hydrogens is 398 g/mol. The molecule has 182 valence electrons. The zero-order chi connectivity index (χ0) is 23.4. The maximum absolute atomic E-state index is 12.3. The molecule has 1 aromatic rings. The largest absolute Gasteiger partial charge is 0.464 e. The van der Waals surface area contributed by atoms with Crippen LogP contribution in [0.1, 0.15) is 127 Å². The number of unbranched alkanes of at least 4 members (excludes halogenated alkanes) is 13. The first-order valence-corrected chi connectivity index (χ1v) is 13.1. The first kappa shape index (κ1) is 28.2. The number of benzene rings is 1. The minimum absolute atomic E-state index is 0.242. The van der Waals surface area contributed by atoms with Crippen LogP contribution in [0.15, 0.2) is 24.3 Å².